The summed E-state index contributed by atoms with van der Waals surface area (Å²) in [6, 6.07) is 7.78. The van der Waals surface area contributed by atoms with Crippen molar-refractivity contribution in [2.24, 2.45) is 0 Å². The SMILES string of the molecule is C/C=C/c1ccccc1Oc1nc(Cl)nc(NCC)n1. The number of halogens is 1. The van der Waals surface area contributed by atoms with E-state index in [1.807, 2.05) is 50.3 Å². The summed E-state index contributed by atoms with van der Waals surface area (Å²) in [6.07, 6.45) is 3.88. The predicted octanol–water partition coefficient (Wildman–Crippen LogP) is 3.78. The molecule has 104 valence electrons. The highest BCUT2D eigenvalue weighted by atomic mass is 35.5. The van der Waals surface area contributed by atoms with Crippen LogP contribution in [0.2, 0.25) is 5.28 Å². The van der Waals surface area contributed by atoms with Crippen molar-refractivity contribution in [3.8, 4) is 11.8 Å². The number of nitrogens with zero attached hydrogens (tertiary/aromatic N) is 3. The number of para-hydroxylation sites is 1. The molecule has 1 aromatic heterocycles. The molecule has 2 rings (SSSR count). The van der Waals surface area contributed by atoms with E-state index in [2.05, 4.69) is 20.3 Å². The van der Waals surface area contributed by atoms with Crippen LogP contribution in [0.1, 0.15) is 19.4 Å². The number of ether oxygens (including phenoxy) is 1. The maximum Gasteiger partial charge on any atom is 0.328 e. The minimum absolute atomic E-state index is 0.0921. The normalized spacial score (nSPS) is 10.8. The summed E-state index contributed by atoms with van der Waals surface area (Å²) >= 11 is 5.86. The standard InChI is InChI=1S/C14H15ClN4O/c1-3-7-10-8-5-6-9-11(10)20-14-18-12(15)17-13(19-14)16-4-2/h3,5-9H,4H2,1-2H3,(H,16,17,18,19)/b7-3+. The van der Waals surface area contributed by atoms with Gasteiger partial charge in [-0.05, 0) is 31.5 Å². The quantitative estimate of drug-likeness (QED) is 0.908. The van der Waals surface area contributed by atoms with Crippen LogP contribution in [0.25, 0.3) is 6.08 Å². The zero-order chi connectivity index (χ0) is 14.4. The van der Waals surface area contributed by atoms with Crippen molar-refractivity contribution in [2.45, 2.75) is 13.8 Å². The molecule has 0 spiro atoms. The molecule has 0 saturated heterocycles. The van der Waals surface area contributed by atoms with Crippen LogP contribution >= 0.6 is 11.6 Å². The first kappa shape index (κ1) is 14.3. The molecular weight excluding hydrogens is 276 g/mol. The Morgan fingerprint density at radius 1 is 1.25 bits per heavy atom. The zero-order valence-corrected chi connectivity index (χ0v) is 12.1. The molecule has 1 heterocycles. The van der Waals surface area contributed by atoms with Gasteiger partial charge >= 0.3 is 6.01 Å². The summed E-state index contributed by atoms with van der Waals surface area (Å²) in [4.78, 5) is 12.1. The summed E-state index contributed by atoms with van der Waals surface area (Å²) in [6.45, 7) is 4.58. The highest BCUT2D eigenvalue weighted by Gasteiger charge is 2.08. The minimum Gasteiger partial charge on any atom is -0.424 e. The largest absolute Gasteiger partial charge is 0.424 e. The molecule has 0 unspecified atom stereocenters. The molecule has 1 N–H and O–H groups in total. The van der Waals surface area contributed by atoms with Gasteiger partial charge in [0.2, 0.25) is 11.2 Å². The molecule has 0 radical (unpaired) electrons. The number of aromatic nitrogens is 3. The van der Waals surface area contributed by atoms with Gasteiger partial charge < -0.3 is 10.1 Å². The van der Waals surface area contributed by atoms with Crippen LogP contribution in [0.3, 0.4) is 0 Å². The van der Waals surface area contributed by atoms with Gasteiger partial charge in [-0.2, -0.15) is 15.0 Å². The molecule has 6 heteroatoms. The Morgan fingerprint density at radius 3 is 2.80 bits per heavy atom. The third-order valence-corrected chi connectivity index (χ3v) is 2.56. The number of benzene rings is 1. The molecule has 5 nitrogen and oxygen atoms in total. The van der Waals surface area contributed by atoms with Gasteiger partial charge in [-0.1, -0.05) is 30.4 Å². The first-order chi connectivity index (χ1) is 9.72. The summed E-state index contributed by atoms with van der Waals surface area (Å²) in [7, 11) is 0. The van der Waals surface area contributed by atoms with Gasteiger partial charge in [0, 0.05) is 12.1 Å². The van der Waals surface area contributed by atoms with Crippen molar-refractivity contribution in [3.63, 3.8) is 0 Å². The lowest BCUT2D eigenvalue weighted by atomic mass is 10.2. The first-order valence-corrected chi connectivity index (χ1v) is 6.65. The minimum atomic E-state index is 0.0921. The summed E-state index contributed by atoms with van der Waals surface area (Å²) in [5.74, 6) is 1.06. The Hall–Kier alpha value is -2.14. The second-order valence-electron chi connectivity index (χ2n) is 3.88. The van der Waals surface area contributed by atoms with E-state index < -0.39 is 0 Å². The number of rotatable bonds is 5. The fourth-order valence-electron chi connectivity index (χ4n) is 1.60. The number of allylic oxidation sites excluding steroid dienone is 1. The monoisotopic (exact) mass is 290 g/mol. The lowest BCUT2D eigenvalue weighted by Gasteiger charge is -2.08. The fourth-order valence-corrected chi connectivity index (χ4v) is 1.76. The second-order valence-corrected chi connectivity index (χ2v) is 4.22. The third-order valence-electron chi connectivity index (χ3n) is 2.39. The van der Waals surface area contributed by atoms with Gasteiger partial charge in [-0.25, -0.2) is 0 Å². The maximum atomic E-state index is 5.86. The fraction of sp³-hybridized carbons (Fsp3) is 0.214. The van der Waals surface area contributed by atoms with Gasteiger partial charge in [0.25, 0.3) is 0 Å². The van der Waals surface area contributed by atoms with Gasteiger partial charge in [-0.3, -0.25) is 0 Å². The molecule has 0 bridgehead atoms. The Labute approximate surface area is 122 Å². The van der Waals surface area contributed by atoms with Gasteiger partial charge in [0.1, 0.15) is 5.75 Å². The first-order valence-electron chi connectivity index (χ1n) is 6.28. The zero-order valence-electron chi connectivity index (χ0n) is 11.3. The maximum absolute atomic E-state index is 5.86. The number of nitrogens with one attached hydrogen (secondary N) is 1. The summed E-state index contributed by atoms with van der Waals surface area (Å²) in [5.41, 5.74) is 0.941. The van der Waals surface area contributed by atoms with Crippen LogP contribution in [0.5, 0.6) is 11.8 Å². The van der Waals surface area contributed by atoms with E-state index in [4.69, 9.17) is 16.3 Å². The van der Waals surface area contributed by atoms with Crippen molar-refractivity contribution in [1.29, 1.82) is 0 Å². The van der Waals surface area contributed by atoms with Crippen molar-refractivity contribution in [1.82, 2.24) is 15.0 Å². The molecule has 0 atom stereocenters. The molecule has 0 amide bonds. The third kappa shape index (κ3) is 3.68. The Morgan fingerprint density at radius 2 is 2.05 bits per heavy atom. The highest BCUT2D eigenvalue weighted by molar-refractivity contribution is 6.28. The number of hydrogen-bond acceptors (Lipinski definition) is 5. The molecule has 1 aromatic carbocycles. The van der Waals surface area contributed by atoms with E-state index in [0.29, 0.717) is 18.2 Å². The lowest BCUT2D eigenvalue weighted by molar-refractivity contribution is 0.439. The molecule has 0 aliphatic carbocycles. The van der Waals surface area contributed by atoms with E-state index in [0.717, 1.165) is 5.56 Å². The van der Waals surface area contributed by atoms with E-state index >= 15 is 0 Å². The molecule has 0 aliphatic rings. The van der Waals surface area contributed by atoms with Crippen LogP contribution < -0.4 is 10.1 Å². The van der Waals surface area contributed by atoms with E-state index in [9.17, 15) is 0 Å². The van der Waals surface area contributed by atoms with Gasteiger partial charge in [-0.15, -0.1) is 0 Å². The molecule has 2 aromatic rings. The smallest absolute Gasteiger partial charge is 0.328 e. The van der Waals surface area contributed by atoms with E-state index in [1.165, 1.54) is 0 Å². The van der Waals surface area contributed by atoms with Crippen LogP contribution in [-0.4, -0.2) is 21.5 Å². The predicted molar refractivity (Wildman–Crippen MR) is 80.2 cm³/mol. The van der Waals surface area contributed by atoms with Crippen molar-refractivity contribution >= 4 is 23.6 Å². The van der Waals surface area contributed by atoms with Crippen LogP contribution in [0.4, 0.5) is 5.95 Å². The topological polar surface area (TPSA) is 59.9 Å². The Balaban J connectivity index is 2.30. The Bertz CT molecular complexity index is 616. The summed E-state index contributed by atoms with van der Waals surface area (Å²) < 4.78 is 5.69. The Kier molecular flexibility index (Phi) is 4.90. The van der Waals surface area contributed by atoms with Crippen molar-refractivity contribution in [2.75, 3.05) is 11.9 Å². The molecule has 20 heavy (non-hydrogen) atoms. The molecule has 0 aliphatic heterocycles. The highest BCUT2D eigenvalue weighted by Crippen LogP contribution is 2.25. The molecule has 0 fully saturated rings. The van der Waals surface area contributed by atoms with Crippen molar-refractivity contribution in [3.05, 3.63) is 41.2 Å². The van der Waals surface area contributed by atoms with E-state index in [1.54, 1.807) is 0 Å². The summed E-state index contributed by atoms with van der Waals surface area (Å²) in [5, 5.41) is 3.07. The average Bonchev–Trinajstić information content (AvgIpc) is 2.41. The lowest BCUT2D eigenvalue weighted by Crippen LogP contribution is -2.05. The van der Waals surface area contributed by atoms with Crippen molar-refractivity contribution < 1.29 is 4.74 Å². The van der Waals surface area contributed by atoms with E-state index in [-0.39, 0.29) is 11.3 Å². The number of anilines is 1. The van der Waals surface area contributed by atoms with Crippen LogP contribution in [0, 0.1) is 0 Å². The van der Waals surface area contributed by atoms with Gasteiger partial charge in [0.05, 0.1) is 0 Å². The number of hydrogen-bond donors (Lipinski definition) is 1. The molecular formula is C14H15ClN4O. The van der Waals surface area contributed by atoms with Crippen LogP contribution in [0.15, 0.2) is 30.3 Å². The van der Waals surface area contributed by atoms with Crippen LogP contribution in [-0.2, 0) is 0 Å². The van der Waals surface area contributed by atoms with Gasteiger partial charge in [0.15, 0.2) is 0 Å². The molecule has 0 saturated carbocycles. The second kappa shape index (κ2) is 6.86. The average molecular weight is 291 g/mol.